The number of hydrogen-bond donors (Lipinski definition) is 1. The minimum atomic E-state index is -0.830. The van der Waals surface area contributed by atoms with Gasteiger partial charge in [-0.1, -0.05) is 0 Å². The number of aromatic nitrogens is 1. The van der Waals surface area contributed by atoms with Crippen molar-refractivity contribution in [3.8, 4) is 0 Å². The van der Waals surface area contributed by atoms with Gasteiger partial charge in [-0.25, -0.2) is 4.98 Å². The first kappa shape index (κ1) is 8.55. The van der Waals surface area contributed by atoms with Crippen molar-refractivity contribution in [2.24, 2.45) is 0 Å². The van der Waals surface area contributed by atoms with Gasteiger partial charge in [0.25, 0.3) is 0 Å². The lowest BCUT2D eigenvalue weighted by atomic mass is 10.3. The molecule has 0 fully saturated rings. The quantitative estimate of drug-likeness (QED) is 0.785. The standard InChI is InChI=1S/C6H7NO2S2/c1-10-5(6(8)9)4-2-11-3-7-4/h2-3,5H,1H3,(H,8,9). The summed E-state index contributed by atoms with van der Waals surface area (Å²) >= 11 is 2.69. The highest BCUT2D eigenvalue weighted by Gasteiger charge is 2.19. The Hall–Kier alpha value is -0.550. The molecule has 1 atom stereocenters. The maximum atomic E-state index is 10.6. The van der Waals surface area contributed by atoms with Crippen LogP contribution in [0.15, 0.2) is 10.9 Å². The zero-order valence-corrected chi connectivity index (χ0v) is 7.48. The number of hydrogen-bond acceptors (Lipinski definition) is 4. The Morgan fingerprint density at radius 1 is 1.91 bits per heavy atom. The Morgan fingerprint density at radius 3 is 3.00 bits per heavy atom. The summed E-state index contributed by atoms with van der Waals surface area (Å²) in [7, 11) is 0. The minimum Gasteiger partial charge on any atom is -0.480 e. The summed E-state index contributed by atoms with van der Waals surface area (Å²) in [5.41, 5.74) is 2.27. The van der Waals surface area contributed by atoms with Crippen LogP contribution in [-0.2, 0) is 4.79 Å². The summed E-state index contributed by atoms with van der Waals surface area (Å²) in [6, 6.07) is 0. The van der Waals surface area contributed by atoms with Crippen molar-refractivity contribution in [3.63, 3.8) is 0 Å². The van der Waals surface area contributed by atoms with Crippen LogP contribution in [0.2, 0.25) is 0 Å². The van der Waals surface area contributed by atoms with Crippen LogP contribution in [0.4, 0.5) is 0 Å². The number of aliphatic carboxylic acids is 1. The van der Waals surface area contributed by atoms with Crippen LogP contribution in [0.1, 0.15) is 10.9 Å². The molecule has 5 heteroatoms. The van der Waals surface area contributed by atoms with Gasteiger partial charge >= 0.3 is 5.97 Å². The van der Waals surface area contributed by atoms with Gasteiger partial charge in [-0.15, -0.1) is 23.1 Å². The molecule has 0 aliphatic carbocycles. The smallest absolute Gasteiger partial charge is 0.322 e. The number of carboxylic acid groups (broad SMARTS) is 1. The summed E-state index contributed by atoms with van der Waals surface area (Å²) in [6.45, 7) is 0. The van der Waals surface area contributed by atoms with E-state index in [0.717, 1.165) is 0 Å². The van der Waals surface area contributed by atoms with E-state index in [1.54, 1.807) is 17.1 Å². The van der Waals surface area contributed by atoms with Gasteiger partial charge < -0.3 is 5.11 Å². The molecular formula is C6H7NO2S2. The minimum absolute atomic E-state index is 0.513. The van der Waals surface area contributed by atoms with Gasteiger partial charge in [0.2, 0.25) is 0 Å². The molecule has 0 saturated carbocycles. The van der Waals surface area contributed by atoms with Crippen LogP contribution < -0.4 is 0 Å². The topological polar surface area (TPSA) is 50.2 Å². The first-order valence-corrected chi connectivity index (χ1v) is 5.12. The highest BCUT2D eigenvalue weighted by molar-refractivity contribution is 7.99. The van der Waals surface area contributed by atoms with E-state index < -0.39 is 11.2 Å². The monoisotopic (exact) mass is 189 g/mol. The Morgan fingerprint density at radius 2 is 2.64 bits per heavy atom. The average Bonchev–Trinajstić information content (AvgIpc) is 2.40. The van der Waals surface area contributed by atoms with Crippen LogP contribution >= 0.6 is 23.1 Å². The fourth-order valence-corrected chi connectivity index (χ4v) is 1.94. The maximum Gasteiger partial charge on any atom is 0.322 e. The second-order valence-electron chi connectivity index (χ2n) is 1.87. The normalized spacial score (nSPS) is 12.8. The molecule has 0 amide bonds. The van der Waals surface area contributed by atoms with Crippen LogP contribution in [0.5, 0.6) is 0 Å². The Kier molecular flexibility index (Phi) is 2.90. The van der Waals surface area contributed by atoms with Crippen molar-refractivity contribution >= 4 is 29.1 Å². The molecule has 0 bridgehead atoms. The Labute approximate surface area is 72.5 Å². The number of thiazole rings is 1. The van der Waals surface area contributed by atoms with Gasteiger partial charge in [-0.05, 0) is 6.26 Å². The molecule has 0 aliphatic rings. The molecule has 0 aromatic carbocycles. The van der Waals surface area contributed by atoms with Crippen molar-refractivity contribution in [2.45, 2.75) is 5.25 Å². The fraction of sp³-hybridized carbons (Fsp3) is 0.333. The van der Waals surface area contributed by atoms with Crippen molar-refractivity contribution in [1.82, 2.24) is 4.98 Å². The summed E-state index contributed by atoms with van der Waals surface area (Å²) in [5, 5.41) is 9.94. The van der Waals surface area contributed by atoms with E-state index in [1.165, 1.54) is 23.1 Å². The third-order valence-corrected chi connectivity index (χ3v) is 2.70. The second-order valence-corrected chi connectivity index (χ2v) is 3.53. The first-order chi connectivity index (χ1) is 5.25. The first-order valence-electron chi connectivity index (χ1n) is 2.89. The molecule has 0 aliphatic heterocycles. The van der Waals surface area contributed by atoms with Crippen molar-refractivity contribution in [1.29, 1.82) is 0 Å². The van der Waals surface area contributed by atoms with E-state index in [2.05, 4.69) is 4.98 Å². The molecule has 0 spiro atoms. The molecule has 1 unspecified atom stereocenters. The SMILES string of the molecule is CSC(C(=O)O)c1cscn1. The molecule has 1 rings (SSSR count). The van der Waals surface area contributed by atoms with E-state index in [4.69, 9.17) is 5.11 Å². The zero-order valence-electron chi connectivity index (χ0n) is 5.85. The number of carbonyl (C=O) groups is 1. The van der Waals surface area contributed by atoms with Crippen LogP contribution in [-0.4, -0.2) is 22.3 Å². The van der Waals surface area contributed by atoms with Gasteiger partial charge in [0.15, 0.2) is 0 Å². The van der Waals surface area contributed by atoms with E-state index in [0.29, 0.717) is 5.69 Å². The van der Waals surface area contributed by atoms with Gasteiger partial charge in [0.1, 0.15) is 5.25 Å². The van der Waals surface area contributed by atoms with E-state index >= 15 is 0 Å². The number of thioether (sulfide) groups is 1. The number of nitrogens with zero attached hydrogens (tertiary/aromatic N) is 1. The van der Waals surface area contributed by atoms with Gasteiger partial charge in [0.05, 0.1) is 11.2 Å². The third-order valence-electron chi connectivity index (χ3n) is 1.18. The van der Waals surface area contributed by atoms with E-state index in [9.17, 15) is 4.79 Å². The lowest BCUT2D eigenvalue weighted by Crippen LogP contribution is -2.07. The molecule has 0 saturated heterocycles. The fourth-order valence-electron chi connectivity index (χ4n) is 0.699. The zero-order chi connectivity index (χ0) is 8.27. The highest BCUT2D eigenvalue weighted by Crippen LogP contribution is 2.25. The lowest BCUT2D eigenvalue weighted by Gasteiger charge is -2.03. The molecule has 1 heterocycles. The summed E-state index contributed by atoms with van der Waals surface area (Å²) in [6.07, 6.45) is 1.76. The predicted molar refractivity (Wildman–Crippen MR) is 46.0 cm³/mol. The Balaban J connectivity index is 2.79. The molecular weight excluding hydrogens is 182 g/mol. The maximum absolute atomic E-state index is 10.6. The van der Waals surface area contributed by atoms with E-state index in [-0.39, 0.29) is 0 Å². The van der Waals surface area contributed by atoms with Crippen molar-refractivity contribution in [3.05, 3.63) is 16.6 Å². The Bertz CT molecular complexity index is 235. The van der Waals surface area contributed by atoms with Crippen LogP contribution in [0, 0.1) is 0 Å². The summed E-state index contributed by atoms with van der Waals surface area (Å²) in [4.78, 5) is 14.5. The summed E-state index contributed by atoms with van der Waals surface area (Å²) in [5.74, 6) is -0.830. The second kappa shape index (κ2) is 3.73. The molecule has 1 N–H and O–H groups in total. The van der Waals surface area contributed by atoms with Gasteiger partial charge in [-0.2, -0.15) is 0 Å². The predicted octanol–water partition coefficient (Wildman–Crippen LogP) is 1.63. The number of carboxylic acids is 1. The van der Waals surface area contributed by atoms with Crippen LogP contribution in [0.25, 0.3) is 0 Å². The summed E-state index contributed by atoms with van der Waals surface area (Å²) < 4.78 is 0. The molecule has 11 heavy (non-hydrogen) atoms. The number of rotatable bonds is 3. The van der Waals surface area contributed by atoms with Crippen molar-refractivity contribution in [2.75, 3.05) is 6.26 Å². The van der Waals surface area contributed by atoms with Crippen LogP contribution in [0.3, 0.4) is 0 Å². The average molecular weight is 189 g/mol. The third kappa shape index (κ3) is 1.94. The van der Waals surface area contributed by atoms with Crippen molar-refractivity contribution < 1.29 is 9.90 Å². The van der Waals surface area contributed by atoms with Gasteiger partial charge in [-0.3, -0.25) is 4.79 Å². The largest absolute Gasteiger partial charge is 0.480 e. The highest BCUT2D eigenvalue weighted by atomic mass is 32.2. The van der Waals surface area contributed by atoms with E-state index in [1.807, 2.05) is 0 Å². The molecule has 3 nitrogen and oxygen atoms in total. The molecule has 1 aromatic heterocycles. The lowest BCUT2D eigenvalue weighted by molar-refractivity contribution is -0.136. The molecule has 1 aromatic rings. The molecule has 60 valence electrons. The van der Waals surface area contributed by atoms with Gasteiger partial charge in [0, 0.05) is 5.38 Å². The molecule has 0 radical (unpaired) electrons.